The fourth-order valence-corrected chi connectivity index (χ4v) is 3.82. The molecular weight excluding hydrogens is 286 g/mol. The molecule has 0 aromatic carbocycles. The third-order valence-corrected chi connectivity index (χ3v) is 5.05. The zero-order valence-electron chi connectivity index (χ0n) is 12.0. The molecule has 1 heterocycles. The second kappa shape index (κ2) is 8.47. The second-order valence-electron chi connectivity index (χ2n) is 5.18. The van der Waals surface area contributed by atoms with Gasteiger partial charge >= 0.3 is 0 Å². The van der Waals surface area contributed by atoms with Crippen molar-refractivity contribution in [3.05, 3.63) is 23.9 Å². The zero-order chi connectivity index (χ0) is 14.2. The lowest BCUT2D eigenvalue weighted by Gasteiger charge is -2.21. The van der Waals surface area contributed by atoms with Crippen molar-refractivity contribution in [2.24, 2.45) is 0 Å². The van der Waals surface area contributed by atoms with Gasteiger partial charge < -0.3 is 10.6 Å². The first-order valence-corrected chi connectivity index (χ1v) is 8.80. The minimum Gasteiger partial charge on any atom is -0.362 e. The molecule has 0 unspecified atom stereocenters. The van der Waals surface area contributed by atoms with Crippen molar-refractivity contribution in [2.45, 2.75) is 44.3 Å². The predicted octanol–water partition coefficient (Wildman–Crippen LogP) is 3.74. The van der Waals surface area contributed by atoms with Crippen LogP contribution in [0.1, 0.15) is 37.8 Å². The number of nitrogens with one attached hydrogen (secondary N) is 2. The molecule has 0 saturated heterocycles. The highest BCUT2D eigenvalue weighted by molar-refractivity contribution is 7.99. The molecule has 0 atom stereocenters. The molecule has 5 heteroatoms. The average Bonchev–Trinajstić information content (AvgIpc) is 2.45. The van der Waals surface area contributed by atoms with Gasteiger partial charge in [-0.3, -0.25) is 0 Å². The molecule has 1 aromatic heterocycles. The molecule has 1 aliphatic carbocycles. The molecule has 0 aliphatic heterocycles. The molecule has 0 spiro atoms. The SMILES string of the molecule is Cc1cccc(NC(=S)NCCSC2CCCCC2)n1. The summed E-state index contributed by atoms with van der Waals surface area (Å²) < 4.78 is 0. The van der Waals surface area contributed by atoms with Crippen LogP contribution in [-0.2, 0) is 0 Å². The van der Waals surface area contributed by atoms with Gasteiger partial charge in [-0.05, 0) is 44.1 Å². The summed E-state index contributed by atoms with van der Waals surface area (Å²) in [5.74, 6) is 1.93. The van der Waals surface area contributed by atoms with Gasteiger partial charge in [-0.1, -0.05) is 25.3 Å². The predicted molar refractivity (Wildman–Crippen MR) is 92.5 cm³/mol. The number of aryl methyl sites for hydroxylation is 1. The maximum Gasteiger partial charge on any atom is 0.171 e. The van der Waals surface area contributed by atoms with Gasteiger partial charge in [-0.15, -0.1) is 0 Å². The van der Waals surface area contributed by atoms with Crippen LogP contribution in [0.25, 0.3) is 0 Å². The van der Waals surface area contributed by atoms with Crippen molar-refractivity contribution in [3.8, 4) is 0 Å². The number of pyridine rings is 1. The van der Waals surface area contributed by atoms with Crippen molar-refractivity contribution in [1.82, 2.24) is 10.3 Å². The Morgan fingerprint density at radius 1 is 1.35 bits per heavy atom. The fourth-order valence-electron chi connectivity index (χ4n) is 2.40. The number of nitrogens with zero attached hydrogens (tertiary/aromatic N) is 1. The lowest BCUT2D eigenvalue weighted by molar-refractivity contribution is 0.516. The Balaban J connectivity index is 1.60. The van der Waals surface area contributed by atoms with Crippen molar-refractivity contribution in [1.29, 1.82) is 0 Å². The van der Waals surface area contributed by atoms with Crippen LogP contribution in [0, 0.1) is 6.92 Å². The van der Waals surface area contributed by atoms with E-state index in [0.29, 0.717) is 5.11 Å². The fraction of sp³-hybridized carbons (Fsp3) is 0.600. The largest absolute Gasteiger partial charge is 0.362 e. The van der Waals surface area contributed by atoms with Crippen molar-refractivity contribution >= 4 is 34.9 Å². The third-order valence-electron chi connectivity index (χ3n) is 3.42. The van der Waals surface area contributed by atoms with Crippen LogP contribution in [0.4, 0.5) is 5.82 Å². The van der Waals surface area contributed by atoms with Gasteiger partial charge in [0.1, 0.15) is 5.82 Å². The van der Waals surface area contributed by atoms with E-state index in [1.165, 1.54) is 32.1 Å². The molecule has 1 saturated carbocycles. The van der Waals surface area contributed by atoms with E-state index in [1.54, 1.807) is 0 Å². The van der Waals surface area contributed by atoms with E-state index in [-0.39, 0.29) is 0 Å². The Hall–Kier alpha value is -0.810. The third kappa shape index (κ3) is 5.67. The highest BCUT2D eigenvalue weighted by Gasteiger charge is 2.12. The lowest BCUT2D eigenvalue weighted by atomic mass is 10.0. The van der Waals surface area contributed by atoms with Gasteiger partial charge in [0.15, 0.2) is 5.11 Å². The monoisotopic (exact) mass is 309 g/mol. The number of aromatic nitrogens is 1. The van der Waals surface area contributed by atoms with E-state index in [9.17, 15) is 0 Å². The number of thiocarbonyl (C=S) groups is 1. The van der Waals surface area contributed by atoms with E-state index >= 15 is 0 Å². The lowest BCUT2D eigenvalue weighted by Crippen LogP contribution is -2.31. The summed E-state index contributed by atoms with van der Waals surface area (Å²) in [7, 11) is 0. The standard InChI is InChI=1S/C15H23N3S2/c1-12-6-5-9-14(17-12)18-15(19)16-10-11-20-13-7-3-2-4-8-13/h5-6,9,13H,2-4,7-8,10-11H2,1H3,(H2,16,17,18,19). The first-order chi connectivity index (χ1) is 9.74. The summed E-state index contributed by atoms with van der Waals surface area (Å²) >= 11 is 7.36. The summed E-state index contributed by atoms with van der Waals surface area (Å²) in [4.78, 5) is 4.37. The van der Waals surface area contributed by atoms with Crippen LogP contribution >= 0.6 is 24.0 Å². The van der Waals surface area contributed by atoms with Crippen LogP contribution in [-0.4, -0.2) is 27.6 Å². The molecular formula is C15H23N3S2. The quantitative estimate of drug-likeness (QED) is 0.640. The Bertz CT molecular complexity index is 431. The van der Waals surface area contributed by atoms with Crippen molar-refractivity contribution < 1.29 is 0 Å². The summed E-state index contributed by atoms with van der Waals surface area (Å²) in [6.45, 7) is 2.89. The van der Waals surface area contributed by atoms with E-state index < -0.39 is 0 Å². The highest BCUT2D eigenvalue weighted by atomic mass is 32.2. The van der Waals surface area contributed by atoms with Crippen LogP contribution < -0.4 is 10.6 Å². The van der Waals surface area contributed by atoms with E-state index in [4.69, 9.17) is 12.2 Å². The molecule has 0 radical (unpaired) electrons. The van der Waals surface area contributed by atoms with Gasteiger partial charge in [0.2, 0.25) is 0 Å². The average molecular weight is 310 g/mol. The topological polar surface area (TPSA) is 37.0 Å². The number of thioether (sulfide) groups is 1. The van der Waals surface area contributed by atoms with Gasteiger partial charge in [0.25, 0.3) is 0 Å². The number of hydrogen-bond donors (Lipinski definition) is 2. The normalized spacial score (nSPS) is 15.8. The molecule has 0 amide bonds. The minimum absolute atomic E-state index is 0.660. The van der Waals surface area contributed by atoms with Crippen LogP contribution in [0.15, 0.2) is 18.2 Å². The summed E-state index contributed by atoms with van der Waals surface area (Å²) in [6, 6.07) is 5.88. The first kappa shape index (κ1) is 15.6. The summed E-state index contributed by atoms with van der Waals surface area (Å²) in [5.41, 5.74) is 0.991. The summed E-state index contributed by atoms with van der Waals surface area (Å²) in [6.07, 6.45) is 7.02. The van der Waals surface area contributed by atoms with Crippen molar-refractivity contribution in [3.63, 3.8) is 0 Å². The Morgan fingerprint density at radius 3 is 2.90 bits per heavy atom. The molecule has 1 aromatic rings. The van der Waals surface area contributed by atoms with Crippen molar-refractivity contribution in [2.75, 3.05) is 17.6 Å². The molecule has 3 nitrogen and oxygen atoms in total. The highest BCUT2D eigenvalue weighted by Crippen LogP contribution is 2.27. The molecule has 20 heavy (non-hydrogen) atoms. The summed E-state index contributed by atoms with van der Waals surface area (Å²) in [5, 5.41) is 7.90. The molecule has 0 bridgehead atoms. The molecule has 1 fully saturated rings. The van der Waals surface area contributed by atoms with Gasteiger partial charge in [0, 0.05) is 23.2 Å². The zero-order valence-corrected chi connectivity index (χ0v) is 13.7. The minimum atomic E-state index is 0.660. The van der Waals surface area contributed by atoms with Gasteiger partial charge in [0.05, 0.1) is 0 Å². The number of rotatable bonds is 5. The van der Waals surface area contributed by atoms with Crippen LogP contribution in [0.5, 0.6) is 0 Å². The maximum atomic E-state index is 5.28. The van der Waals surface area contributed by atoms with Gasteiger partial charge in [-0.25, -0.2) is 4.98 Å². The number of hydrogen-bond acceptors (Lipinski definition) is 3. The Labute approximate surface area is 131 Å². The maximum absolute atomic E-state index is 5.28. The molecule has 1 aliphatic rings. The van der Waals surface area contributed by atoms with Gasteiger partial charge in [-0.2, -0.15) is 11.8 Å². The van der Waals surface area contributed by atoms with E-state index in [0.717, 1.165) is 29.1 Å². The molecule has 2 N–H and O–H groups in total. The van der Waals surface area contributed by atoms with Crippen LogP contribution in [0.2, 0.25) is 0 Å². The Kier molecular flexibility index (Phi) is 6.60. The van der Waals surface area contributed by atoms with E-state index in [2.05, 4.69) is 27.4 Å². The number of anilines is 1. The van der Waals surface area contributed by atoms with E-state index in [1.807, 2.05) is 25.1 Å². The smallest absolute Gasteiger partial charge is 0.171 e. The first-order valence-electron chi connectivity index (χ1n) is 7.34. The molecule has 110 valence electrons. The Morgan fingerprint density at radius 2 is 2.15 bits per heavy atom. The second-order valence-corrected chi connectivity index (χ2v) is 6.99. The molecule has 2 rings (SSSR count). The van der Waals surface area contributed by atoms with Crippen LogP contribution in [0.3, 0.4) is 0 Å².